The van der Waals surface area contributed by atoms with Gasteiger partial charge in [-0.1, -0.05) is 121 Å². The molecule has 0 heteroatoms. The zero-order valence-corrected chi connectivity index (χ0v) is 17.0. The molecule has 0 amide bonds. The molecule has 0 saturated heterocycles. The molecule has 7 rings (SSSR count). The normalized spacial score (nSPS) is 15.2. The molecule has 144 valence electrons. The van der Waals surface area contributed by atoms with E-state index in [1.54, 1.807) is 0 Å². The zero-order valence-electron chi connectivity index (χ0n) is 17.0. The monoisotopic (exact) mass is 392 g/mol. The van der Waals surface area contributed by atoms with E-state index in [4.69, 9.17) is 0 Å². The molecule has 5 aromatic rings. The molecule has 0 saturated carbocycles. The van der Waals surface area contributed by atoms with Gasteiger partial charge in [-0.05, 0) is 55.3 Å². The molecule has 0 bridgehead atoms. The van der Waals surface area contributed by atoms with Crippen molar-refractivity contribution in [1.82, 2.24) is 0 Å². The summed E-state index contributed by atoms with van der Waals surface area (Å²) in [6.07, 6.45) is 0. The fourth-order valence-corrected chi connectivity index (χ4v) is 6.00. The Balaban J connectivity index is 1.72. The fraction of sp³-hybridized carbons (Fsp3) is 0.0323. The van der Waals surface area contributed by atoms with Gasteiger partial charge in [0.05, 0.1) is 5.41 Å². The van der Waals surface area contributed by atoms with Gasteiger partial charge in [0.1, 0.15) is 0 Å². The lowest BCUT2D eigenvalue weighted by Gasteiger charge is -2.35. The largest absolute Gasteiger partial charge is 0.0719 e. The van der Waals surface area contributed by atoms with Crippen LogP contribution in [0.4, 0.5) is 0 Å². The first-order chi connectivity index (χ1) is 15.4. The van der Waals surface area contributed by atoms with Gasteiger partial charge in [-0.3, -0.25) is 0 Å². The van der Waals surface area contributed by atoms with Gasteiger partial charge in [0.25, 0.3) is 0 Å². The van der Waals surface area contributed by atoms with Gasteiger partial charge in [0, 0.05) is 0 Å². The average Bonchev–Trinajstić information content (AvgIpc) is 3.34. The second-order valence-electron chi connectivity index (χ2n) is 8.49. The van der Waals surface area contributed by atoms with Crippen LogP contribution >= 0.6 is 0 Å². The topological polar surface area (TPSA) is 0 Å². The molecule has 0 aromatic heterocycles. The van der Waals surface area contributed by atoms with E-state index >= 15 is 0 Å². The Kier molecular flexibility index (Phi) is 3.29. The first-order valence-corrected chi connectivity index (χ1v) is 10.9. The highest BCUT2D eigenvalue weighted by Gasteiger charge is 2.50. The summed E-state index contributed by atoms with van der Waals surface area (Å²) >= 11 is 0. The summed E-state index contributed by atoms with van der Waals surface area (Å²) < 4.78 is 0. The Hall–Kier alpha value is -3.90. The molecule has 0 N–H and O–H groups in total. The van der Waals surface area contributed by atoms with Crippen molar-refractivity contribution in [3.63, 3.8) is 0 Å². The maximum atomic E-state index is 2.33. The lowest BCUT2D eigenvalue weighted by atomic mass is 9.65. The van der Waals surface area contributed by atoms with Gasteiger partial charge in [0.2, 0.25) is 0 Å². The van der Waals surface area contributed by atoms with E-state index in [0.29, 0.717) is 0 Å². The lowest BCUT2D eigenvalue weighted by Crippen LogP contribution is -2.29. The summed E-state index contributed by atoms with van der Waals surface area (Å²) in [5, 5.41) is 2.71. The molecule has 0 spiro atoms. The van der Waals surface area contributed by atoms with Crippen molar-refractivity contribution in [2.24, 2.45) is 0 Å². The Bertz CT molecular complexity index is 1460. The van der Waals surface area contributed by atoms with Gasteiger partial charge < -0.3 is 0 Å². The number of hydrogen-bond acceptors (Lipinski definition) is 0. The first kappa shape index (κ1) is 16.8. The molecule has 0 fully saturated rings. The number of allylic oxidation sites excluding steroid dienone is 1. The van der Waals surface area contributed by atoms with Crippen LogP contribution < -0.4 is 0 Å². The van der Waals surface area contributed by atoms with Crippen LogP contribution in [0.5, 0.6) is 0 Å². The third kappa shape index (κ3) is 2.00. The highest BCUT2D eigenvalue weighted by molar-refractivity contribution is 6.23. The molecular formula is C31H20. The minimum atomic E-state index is -0.332. The van der Waals surface area contributed by atoms with Gasteiger partial charge in [-0.15, -0.1) is 0 Å². The molecule has 0 nitrogen and oxygen atoms in total. The van der Waals surface area contributed by atoms with Crippen molar-refractivity contribution in [2.75, 3.05) is 0 Å². The van der Waals surface area contributed by atoms with Crippen LogP contribution in [-0.4, -0.2) is 0 Å². The van der Waals surface area contributed by atoms with Gasteiger partial charge in [0.15, 0.2) is 0 Å². The summed E-state index contributed by atoms with van der Waals surface area (Å²) in [7, 11) is 0. The van der Waals surface area contributed by atoms with E-state index in [9.17, 15) is 0 Å². The Morgan fingerprint density at radius 1 is 0.419 bits per heavy atom. The van der Waals surface area contributed by atoms with E-state index in [2.05, 4.69) is 121 Å². The smallest absolute Gasteiger partial charge is 0.0622 e. The number of hydrogen-bond donors (Lipinski definition) is 0. The highest BCUT2D eigenvalue weighted by Crippen LogP contribution is 2.63. The average molecular weight is 393 g/mol. The van der Waals surface area contributed by atoms with Crippen molar-refractivity contribution in [2.45, 2.75) is 5.41 Å². The molecule has 2 aliphatic rings. The second-order valence-corrected chi connectivity index (χ2v) is 8.49. The summed E-state index contributed by atoms with van der Waals surface area (Å²) in [5.74, 6) is 0. The molecule has 2 aliphatic carbocycles. The third-order valence-electron chi connectivity index (χ3n) is 7.08. The van der Waals surface area contributed by atoms with Crippen LogP contribution in [0, 0.1) is 0 Å². The van der Waals surface area contributed by atoms with Crippen LogP contribution in [0.15, 0.2) is 121 Å². The van der Waals surface area contributed by atoms with Gasteiger partial charge in [-0.25, -0.2) is 0 Å². The van der Waals surface area contributed by atoms with Gasteiger partial charge in [-0.2, -0.15) is 0 Å². The molecule has 0 atom stereocenters. The van der Waals surface area contributed by atoms with E-state index < -0.39 is 0 Å². The molecule has 5 aromatic carbocycles. The van der Waals surface area contributed by atoms with Crippen LogP contribution in [0.1, 0.15) is 33.4 Å². The Morgan fingerprint density at radius 3 is 1.65 bits per heavy atom. The zero-order chi connectivity index (χ0) is 20.4. The predicted octanol–water partition coefficient (Wildman–Crippen LogP) is 7.46. The van der Waals surface area contributed by atoms with Crippen molar-refractivity contribution in [3.8, 4) is 0 Å². The number of benzene rings is 5. The summed E-state index contributed by atoms with van der Waals surface area (Å²) in [4.78, 5) is 0. The van der Waals surface area contributed by atoms with E-state index in [0.717, 1.165) is 0 Å². The number of fused-ring (bicyclic) bond motifs is 4. The molecule has 0 aliphatic heterocycles. The van der Waals surface area contributed by atoms with Gasteiger partial charge >= 0.3 is 0 Å². The Labute approximate surface area is 182 Å². The molecular weight excluding hydrogens is 372 g/mol. The van der Waals surface area contributed by atoms with Crippen molar-refractivity contribution in [3.05, 3.63) is 155 Å². The first-order valence-electron chi connectivity index (χ1n) is 10.9. The van der Waals surface area contributed by atoms with Crippen molar-refractivity contribution < 1.29 is 0 Å². The quantitative estimate of drug-likeness (QED) is 0.292. The Morgan fingerprint density at radius 2 is 0.968 bits per heavy atom. The van der Waals surface area contributed by atoms with Crippen molar-refractivity contribution >= 4 is 21.9 Å². The maximum Gasteiger partial charge on any atom is 0.0719 e. The van der Waals surface area contributed by atoms with Crippen LogP contribution in [0.3, 0.4) is 0 Å². The molecule has 0 heterocycles. The van der Waals surface area contributed by atoms with Crippen molar-refractivity contribution in [1.29, 1.82) is 0 Å². The van der Waals surface area contributed by atoms with Crippen LogP contribution in [-0.2, 0) is 5.41 Å². The minimum absolute atomic E-state index is 0.332. The number of rotatable bonds is 2. The predicted molar refractivity (Wildman–Crippen MR) is 129 cm³/mol. The fourth-order valence-electron chi connectivity index (χ4n) is 6.00. The summed E-state index contributed by atoms with van der Waals surface area (Å²) in [6, 6.07) is 44.6. The molecule has 31 heavy (non-hydrogen) atoms. The summed E-state index contributed by atoms with van der Waals surface area (Å²) in [6.45, 7) is 0. The standard InChI is InChI=1S/C31H20/c1-3-13-22(14-4-1)31(23-15-5-2-6-16-23)27-20-8-7-17-24(27)29-25-18-9-11-21-12-10-19-26(28(21)25)30(29)31/h1-20H. The van der Waals surface area contributed by atoms with Crippen LogP contribution in [0.2, 0.25) is 0 Å². The minimum Gasteiger partial charge on any atom is -0.0622 e. The summed E-state index contributed by atoms with van der Waals surface area (Å²) in [5.41, 5.74) is 10.6. The lowest BCUT2D eigenvalue weighted by molar-refractivity contribution is 0.815. The van der Waals surface area contributed by atoms with Crippen LogP contribution in [0.25, 0.3) is 21.9 Å². The molecule has 0 unspecified atom stereocenters. The maximum absolute atomic E-state index is 2.33. The SMILES string of the molecule is c1ccc(C2(c3ccccc3)C3=C(c4ccccc42)c2cccc4cccc3c24)cc1. The molecule has 0 radical (unpaired) electrons. The van der Waals surface area contributed by atoms with E-state index in [1.165, 1.54) is 55.3 Å². The second kappa shape index (κ2) is 6.06. The third-order valence-corrected chi connectivity index (χ3v) is 7.08. The van der Waals surface area contributed by atoms with E-state index in [-0.39, 0.29) is 5.41 Å². The van der Waals surface area contributed by atoms with E-state index in [1.807, 2.05) is 0 Å². The highest BCUT2D eigenvalue weighted by atomic mass is 14.5.